The number of rotatable bonds is 2. The van der Waals surface area contributed by atoms with Crippen molar-refractivity contribution in [1.82, 2.24) is 0 Å². The molecule has 0 atom stereocenters. The van der Waals surface area contributed by atoms with Crippen molar-refractivity contribution >= 4 is 8.07 Å². The summed E-state index contributed by atoms with van der Waals surface area (Å²) in [7, 11) is -0.862. The van der Waals surface area contributed by atoms with Crippen molar-refractivity contribution in [3.8, 4) is 0 Å². The molecule has 0 radical (unpaired) electrons. The van der Waals surface area contributed by atoms with Crippen LogP contribution in [0.1, 0.15) is 5.56 Å². The summed E-state index contributed by atoms with van der Waals surface area (Å²) >= 11 is 0. The second-order valence-corrected chi connectivity index (χ2v) is 10.5. The molecule has 16 heavy (non-hydrogen) atoms. The molecule has 0 saturated heterocycles. The maximum atomic E-state index is 2.40. The Morgan fingerprint density at radius 3 is 1.75 bits per heavy atom. The molecule has 0 spiro atoms. The van der Waals surface area contributed by atoms with Gasteiger partial charge in [-0.05, 0) is 0 Å². The van der Waals surface area contributed by atoms with Gasteiger partial charge in [-0.3, -0.25) is 0 Å². The first-order chi connectivity index (χ1) is 7.08. The van der Waals surface area contributed by atoms with E-state index in [2.05, 4.69) is 43.9 Å². The average molecular weight is 395 g/mol. The maximum absolute atomic E-state index is 2.40. The molecule has 0 aromatic heterocycles. The third-order valence-electron chi connectivity index (χ3n) is 2.02. The topological polar surface area (TPSA) is 0 Å². The van der Waals surface area contributed by atoms with Crippen LogP contribution in [0.15, 0.2) is 54.6 Å². The standard InChI is InChI=1S/C9H15Si.C5H5.Hf/c1-10(2,3)8-9-6-4-5-7-9;1-2-4-5-3-1;/h4-7H,8H2,1-3H3;1-5H;/q2*-1;. The van der Waals surface area contributed by atoms with E-state index in [0.29, 0.717) is 0 Å². The van der Waals surface area contributed by atoms with E-state index in [9.17, 15) is 0 Å². The van der Waals surface area contributed by atoms with E-state index in [-0.39, 0.29) is 25.8 Å². The minimum Gasteiger partial charge on any atom is -0.214 e. The van der Waals surface area contributed by atoms with Crippen molar-refractivity contribution in [2.75, 3.05) is 0 Å². The molecule has 0 aliphatic heterocycles. The second kappa shape index (κ2) is 7.96. The van der Waals surface area contributed by atoms with Gasteiger partial charge in [0.25, 0.3) is 0 Å². The van der Waals surface area contributed by atoms with Crippen molar-refractivity contribution in [3.05, 3.63) is 60.2 Å². The molecule has 2 heteroatoms. The minimum atomic E-state index is -0.862. The Morgan fingerprint density at radius 1 is 0.938 bits per heavy atom. The first-order valence-corrected chi connectivity index (χ1v) is 9.16. The molecular weight excluding hydrogens is 375 g/mol. The largest absolute Gasteiger partial charge is 0.214 e. The molecule has 0 N–H and O–H groups in total. The van der Waals surface area contributed by atoms with Gasteiger partial charge in [0.1, 0.15) is 0 Å². The quantitative estimate of drug-likeness (QED) is 0.528. The van der Waals surface area contributed by atoms with Crippen LogP contribution < -0.4 is 0 Å². The summed E-state index contributed by atoms with van der Waals surface area (Å²) in [4.78, 5) is 0. The third kappa shape index (κ3) is 8.00. The molecule has 0 fully saturated rings. The van der Waals surface area contributed by atoms with Gasteiger partial charge >= 0.3 is 0 Å². The molecule has 0 amide bonds. The zero-order valence-electron chi connectivity index (χ0n) is 10.4. The van der Waals surface area contributed by atoms with Crippen LogP contribution in [0.25, 0.3) is 0 Å². The van der Waals surface area contributed by atoms with Crippen LogP contribution in [0.3, 0.4) is 0 Å². The van der Waals surface area contributed by atoms with Gasteiger partial charge in [0.05, 0.1) is 0 Å². The molecule has 0 saturated carbocycles. The van der Waals surface area contributed by atoms with E-state index in [1.54, 1.807) is 0 Å². The Hall–Kier alpha value is -0.213. The van der Waals surface area contributed by atoms with Crippen LogP contribution in [-0.2, 0) is 31.9 Å². The van der Waals surface area contributed by atoms with Crippen molar-refractivity contribution in [3.63, 3.8) is 0 Å². The Labute approximate surface area is 119 Å². The van der Waals surface area contributed by atoms with Crippen molar-refractivity contribution < 1.29 is 25.8 Å². The fourth-order valence-corrected chi connectivity index (χ4v) is 2.93. The molecule has 2 aromatic rings. The van der Waals surface area contributed by atoms with E-state index in [0.717, 1.165) is 0 Å². The van der Waals surface area contributed by atoms with E-state index in [1.807, 2.05) is 30.3 Å². The van der Waals surface area contributed by atoms with Gasteiger partial charge in [-0.1, -0.05) is 25.7 Å². The van der Waals surface area contributed by atoms with Crippen LogP contribution in [0.2, 0.25) is 19.6 Å². The van der Waals surface area contributed by atoms with E-state index in [4.69, 9.17) is 0 Å². The molecular formula is C14H20HfSi-2. The van der Waals surface area contributed by atoms with Crippen LogP contribution in [-0.4, -0.2) is 8.07 Å². The normalized spacial score (nSPS) is 9.94. The van der Waals surface area contributed by atoms with Crippen molar-refractivity contribution in [1.29, 1.82) is 0 Å². The molecule has 2 aromatic carbocycles. The average Bonchev–Trinajstić information content (AvgIpc) is 2.71. The fraction of sp³-hybridized carbons (Fsp3) is 0.286. The molecule has 0 nitrogen and oxygen atoms in total. The van der Waals surface area contributed by atoms with Crippen molar-refractivity contribution in [2.24, 2.45) is 0 Å². The van der Waals surface area contributed by atoms with E-state index >= 15 is 0 Å². The summed E-state index contributed by atoms with van der Waals surface area (Å²) in [5.41, 5.74) is 1.51. The summed E-state index contributed by atoms with van der Waals surface area (Å²) in [6.07, 6.45) is 0. The van der Waals surface area contributed by atoms with E-state index in [1.165, 1.54) is 11.6 Å². The monoisotopic (exact) mass is 396 g/mol. The summed E-state index contributed by atoms with van der Waals surface area (Å²) in [6.45, 7) is 7.21. The smallest absolute Gasteiger partial charge is 0.0371 e. The molecule has 0 heterocycles. The first kappa shape index (κ1) is 15.8. The second-order valence-electron chi connectivity index (χ2n) is 4.99. The van der Waals surface area contributed by atoms with Gasteiger partial charge in [0, 0.05) is 33.9 Å². The van der Waals surface area contributed by atoms with Gasteiger partial charge in [-0.15, -0.1) is 0 Å². The van der Waals surface area contributed by atoms with E-state index < -0.39 is 8.07 Å². The fourth-order valence-electron chi connectivity index (χ4n) is 1.46. The van der Waals surface area contributed by atoms with Gasteiger partial charge < -0.3 is 0 Å². The Balaban J connectivity index is 0.000000318. The molecule has 86 valence electrons. The van der Waals surface area contributed by atoms with Crippen LogP contribution in [0.5, 0.6) is 0 Å². The maximum Gasteiger partial charge on any atom is 0.0371 e. The minimum absolute atomic E-state index is 0. The van der Waals surface area contributed by atoms with Crippen LogP contribution >= 0.6 is 0 Å². The summed E-state index contributed by atoms with van der Waals surface area (Å²) < 4.78 is 0. The van der Waals surface area contributed by atoms with Gasteiger partial charge in [-0.2, -0.15) is 35.9 Å². The van der Waals surface area contributed by atoms with Gasteiger partial charge in [0.2, 0.25) is 0 Å². The van der Waals surface area contributed by atoms with Gasteiger partial charge in [0.15, 0.2) is 0 Å². The van der Waals surface area contributed by atoms with Gasteiger partial charge in [-0.25, -0.2) is 24.3 Å². The molecule has 0 unspecified atom stereocenters. The summed E-state index contributed by atoms with van der Waals surface area (Å²) in [6, 6.07) is 20.0. The zero-order valence-corrected chi connectivity index (χ0v) is 15.0. The first-order valence-electron chi connectivity index (χ1n) is 5.45. The van der Waals surface area contributed by atoms with Crippen LogP contribution in [0, 0.1) is 0 Å². The predicted octanol–water partition coefficient (Wildman–Crippen LogP) is 4.23. The summed E-state index contributed by atoms with van der Waals surface area (Å²) in [5.74, 6) is 0. The van der Waals surface area contributed by atoms with Crippen LogP contribution in [0.4, 0.5) is 0 Å². The zero-order chi connectivity index (χ0) is 11.1. The molecule has 2 rings (SSSR count). The Kier molecular flexibility index (Phi) is 7.86. The number of hydrogen-bond donors (Lipinski definition) is 0. The Morgan fingerprint density at radius 2 is 1.44 bits per heavy atom. The third-order valence-corrected chi connectivity index (χ3v) is 3.49. The SMILES string of the molecule is C[Si](C)(C)C[c-]1cccc1.[Hf].c1cc[cH-]c1. The molecule has 0 aliphatic rings. The predicted molar refractivity (Wildman–Crippen MR) is 71.1 cm³/mol. The molecule has 0 bridgehead atoms. The Bertz CT molecular complexity index is 310. The molecule has 0 aliphatic carbocycles. The summed E-state index contributed by atoms with van der Waals surface area (Å²) in [5, 5.41) is 0. The van der Waals surface area contributed by atoms with Crippen molar-refractivity contribution in [2.45, 2.75) is 25.7 Å². The number of hydrogen-bond acceptors (Lipinski definition) is 0.